The number of nitrogens with one attached hydrogen (secondary N) is 3. The molecule has 0 saturated carbocycles. The van der Waals surface area contributed by atoms with Gasteiger partial charge in [0.25, 0.3) is 11.8 Å². The third-order valence-electron chi connectivity index (χ3n) is 5.82. The van der Waals surface area contributed by atoms with Crippen molar-refractivity contribution in [1.29, 1.82) is 0 Å². The highest BCUT2D eigenvalue weighted by molar-refractivity contribution is 6.38. The lowest BCUT2D eigenvalue weighted by molar-refractivity contribution is 0.0933. The van der Waals surface area contributed by atoms with Crippen molar-refractivity contribution < 1.29 is 9.59 Å². The average Bonchev–Trinajstić information content (AvgIpc) is 3.55. The van der Waals surface area contributed by atoms with Crippen LogP contribution in [0.5, 0.6) is 0 Å². The van der Waals surface area contributed by atoms with Crippen molar-refractivity contribution in [2.75, 3.05) is 18.4 Å². The molecule has 2 aromatic heterocycles. The van der Waals surface area contributed by atoms with Gasteiger partial charge in [0.15, 0.2) is 5.69 Å². The van der Waals surface area contributed by atoms with Crippen LogP contribution in [0.3, 0.4) is 0 Å². The third kappa shape index (κ3) is 5.11. The molecule has 3 N–H and O–H groups in total. The van der Waals surface area contributed by atoms with Crippen LogP contribution in [-0.2, 0) is 0 Å². The van der Waals surface area contributed by atoms with E-state index in [1.165, 1.54) is 10.7 Å². The molecule has 1 aliphatic rings. The van der Waals surface area contributed by atoms with E-state index in [0.29, 0.717) is 34.3 Å². The number of anilines is 1. The number of nitrogens with zero attached hydrogens (tertiary/aromatic N) is 3. The van der Waals surface area contributed by atoms with Gasteiger partial charge in [-0.05, 0) is 49.4 Å². The molecule has 1 aliphatic heterocycles. The van der Waals surface area contributed by atoms with E-state index >= 15 is 0 Å². The molecule has 4 aromatic rings. The fourth-order valence-electron chi connectivity index (χ4n) is 4.01. The lowest BCUT2D eigenvalue weighted by atomic mass is 10.1. The Hall–Kier alpha value is -3.72. The van der Waals surface area contributed by atoms with E-state index in [0.717, 1.165) is 13.0 Å². The van der Waals surface area contributed by atoms with Crippen LogP contribution in [-0.4, -0.2) is 45.7 Å². The molecule has 1 atom stereocenters. The molecular formula is C26H22Cl2N6O2. The smallest absolute Gasteiger partial charge is 0.272 e. The number of amides is 2. The van der Waals surface area contributed by atoms with Crippen molar-refractivity contribution >= 4 is 40.8 Å². The molecule has 10 heteroatoms. The summed E-state index contributed by atoms with van der Waals surface area (Å²) < 4.78 is 1.52. The minimum Gasteiger partial charge on any atom is -0.347 e. The van der Waals surface area contributed by atoms with Gasteiger partial charge in [0.1, 0.15) is 5.82 Å². The quantitative estimate of drug-likeness (QED) is 0.345. The molecule has 0 bridgehead atoms. The summed E-state index contributed by atoms with van der Waals surface area (Å²) in [6, 6.07) is 19.4. The molecule has 3 heterocycles. The van der Waals surface area contributed by atoms with E-state index in [9.17, 15) is 9.59 Å². The number of carbonyl (C=O) groups is 2. The largest absolute Gasteiger partial charge is 0.347 e. The van der Waals surface area contributed by atoms with Gasteiger partial charge in [0.05, 0.1) is 27.0 Å². The number of halogens is 2. The van der Waals surface area contributed by atoms with Crippen molar-refractivity contribution in [3.05, 3.63) is 94.2 Å². The summed E-state index contributed by atoms with van der Waals surface area (Å²) in [6.45, 7) is 1.56. The summed E-state index contributed by atoms with van der Waals surface area (Å²) in [6.07, 6.45) is 2.50. The number of pyridine rings is 1. The Balaban J connectivity index is 1.47. The molecule has 5 rings (SSSR count). The number of benzene rings is 2. The number of para-hydroxylation sites is 1. The Kier molecular flexibility index (Phi) is 6.99. The van der Waals surface area contributed by atoms with Crippen molar-refractivity contribution in [2.45, 2.75) is 12.5 Å². The van der Waals surface area contributed by atoms with Gasteiger partial charge < -0.3 is 16.0 Å². The molecule has 0 aliphatic carbocycles. The maximum atomic E-state index is 13.4. The van der Waals surface area contributed by atoms with Crippen molar-refractivity contribution in [3.63, 3.8) is 0 Å². The third-order valence-corrected chi connectivity index (χ3v) is 6.45. The summed E-state index contributed by atoms with van der Waals surface area (Å²) in [5.41, 5.74) is 2.28. The zero-order chi connectivity index (χ0) is 25.1. The maximum absolute atomic E-state index is 13.4. The van der Waals surface area contributed by atoms with E-state index in [1.807, 2.05) is 36.4 Å². The maximum Gasteiger partial charge on any atom is 0.272 e. The zero-order valence-corrected chi connectivity index (χ0v) is 20.6. The van der Waals surface area contributed by atoms with Crippen molar-refractivity contribution in [3.8, 4) is 16.9 Å². The fourth-order valence-corrected chi connectivity index (χ4v) is 4.58. The second-order valence-corrected chi connectivity index (χ2v) is 9.12. The molecule has 2 amide bonds. The van der Waals surface area contributed by atoms with Crippen molar-refractivity contribution in [1.82, 2.24) is 25.4 Å². The topological polar surface area (TPSA) is 101 Å². The lowest BCUT2D eigenvalue weighted by Crippen LogP contribution is -2.36. The van der Waals surface area contributed by atoms with E-state index in [4.69, 9.17) is 23.2 Å². The summed E-state index contributed by atoms with van der Waals surface area (Å²) in [5, 5.41) is 14.1. The van der Waals surface area contributed by atoms with Gasteiger partial charge in [-0.1, -0.05) is 47.5 Å². The highest BCUT2D eigenvalue weighted by Crippen LogP contribution is 2.32. The highest BCUT2D eigenvalue weighted by atomic mass is 35.5. The molecule has 0 unspecified atom stereocenters. The predicted molar refractivity (Wildman–Crippen MR) is 140 cm³/mol. The zero-order valence-electron chi connectivity index (χ0n) is 19.0. The first kappa shape index (κ1) is 24.0. The normalized spacial score (nSPS) is 15.0. The monoisotopic (exact) mass is 520 g/mol. The summed E-state index contributed by atoms with van der Waals surface area (Å²) in [7, 11) is 0. The van der Waals surface area contributed by atoms with Crippen LogP contribution in [0.15, 0.2) is 72.9 Å². The Labute approximate surface area is 217 Å². The van der Waals surface area contributed by atoms with Crippen molar-refractivity contribution in [2.24, 2.45) is 0 Å². The van der Waals surface area contributed by atoms with Gasteiger partial charge in [0, 0.05) is 30.4 Å². The van der Waals surface area contributed by atoms with Crippen LogP contribution >= 0.6 is 23.2 Å². The molecule has 0 spiro atoms. The molecule has 182 valence electrons. The lowest BCUT2D eigenvalue weighted by Gasteiger charge is -2.12. The van der Waals surface area contributed by atoms with Crippen LogP contribution in [0.25, 0.3) is 16.9 Å². The minimum atomic E-state index is -0.474. The number of hydrogen-bond acceptors (Lipinski definition) is 5. The second-order valence-electron chi connectivity index (χ2n) is 8.31. The fraction of sp³-hybridized carbons (Fsp3) is 0.154. The Morgan fingerprint density at radius 1 is 0.972 bits per heavy atom. The molecular weight excluding hydrogens is 499 g/mol. The SMILES string of the molecule is O=C(N[C@H]1CCNC1)c1cc(NC(=O)c2cc(-c3ccccn3)c(Cl)cc2Cl)n(-c2ccccc2)n1. The first-order valence-corrected chi connectivity index (χ1v) is 12.1. The Morgan fingerprint density at radius 2 is 1.78 bits per heavy atom. The summed E-state index contributed by atoms with van der Waals surface area (Å²) in [4.78, 5) is 30.6. The minimum absolute atomic E-state index is 0.0373. The number of carbonyl (C=O) groups excluding carboxylic acids is 2. The van der Waals surface area contributed by atoms with Gasteiger partial charge in [-0.25, -0.2) is 4.68 Å². The van der Waals surface area contributed by atoms with Gasteiger partial charge in [0.2, 0.25) is 0 Å². The van der Waals surface area contributed by atoms with Gasteiger partial charge in [-0.3, -0.25) is 14.6 Å². The first-order valence-electron chi connectivity index (χ1n) is 11.4. The summed E-state index contributed by atoms with van der Waals surface area (Å²) >= 11 is 12.8. The van der Waals surface area contributed by atoms with E-state index in [1.54, 1.807) is 30.5 Å². The van der Waals surface area contributed by atoms with E-state index in [-0.39, 0.29) is 28.2 Å². The number of hydrogen-bond donors (Lipinski definition) is 3. The number of aromatic nitrogens is 3. The van der Waals surface area contributed by atoms with Gasteiger partial charge in [-0.2, -0.15) is 5.10 Å². The van der Waals surface area contributed by atoms with E-state index in [2.05, 4.69) is 26.0 Å². The molecule has 8 nitrogen and oxygen atoms in total. The Morgan fingerprint density at radius 3 is 2.50 bits per heavy atom. The number of rotatable bonds is 6. The molecule has 36 heavy (non-hydrogen) atoms. The van der Waals surface area contributed by atoms with Gasteiger partial charge >= 0.3 is 0 Å². The summed E-state index contributed by atoms with van der Waals surface area (Å²) in [5.74, 6) is -0.458. The Bertz CT molecular complexity index is 1400. The van der Waals surface area contributed by atoms with E-state index < -0.39 is 5.91 Å². The first-order chi connectivity index (χ1) is 17.5. The molecule has 0 radical (unpaired) electrons. The standard InChI is InChI=1S/C26H22Cl2N6O2/c27-20-13-21(28)19(12-18(20)22-8-4-5-10-30-22)25(35)32-24-14-23(26(36)31-16-9-11-29-15-16)33-34(24)17-6-2-1-3-7-17/h1-8,10,12-14,16,29H,9,11,15H2,(H,31,36)(H,32,35)/t16-/m0/s1. The second kappa shape index (κ2) is 10.5. The van der Waals surface area contributed by atoms with Crippen LogP contribution in [0, 0.1) is 0 Å². The van der Waals surface area contributed by atoms with Crippen LogP contribution < -0.4 is 16.0 Å². The van der Waals surface area contributed by atoms with Crippen LogP contribution in [0.1, 0.15) is 27.3 Å². The average molecular weight is 521 g/mol. The molecule has 1 fully saturated rings. The highest BCUT2D eigenvalue weighted by Gasteiger charge is 2.23. The molecule has 2 aromatic carbocycles. The van der Waals surface area contributed by atoms with Crippen LogP contribution in [0.4, 0.5) is 5.82 Å². The predicted octanol–water partition coefficient (Wildman–Crippen LogP) is 4.59. The van der Waals surface area contributed by atoms with Gasteiger partial charge in [-0.15, -0.1) is 0 Å². The van der Waals surface area contributed by atoms with Crippen LogP contribution in [0.2, 0.25) is 10.0 Å². The molecule has 1 saturated heterocycles.